The number of primary amides is 1. The fourth-order valence-corrected chi connectivity index (χ4v) is 2.56. The lowest BCUT2D eigenvalue weighted by molar-refractivity contribution is 0.100. The van der Waals surface area contributed by atoms with Gasteiger partial charge in [0.05, 0.1) is 16.8 Å². The minimum Gasteiger partial charge on any atom is -0.365 e. The maximum Gasteiger partial charge on any atom is 0.252 e. The van der Waals surface area contributed by atoms with Crippen molar-refractivity contribution in [3.8, 4) is 0 Å². The van der Waals surface area contributed by atoms with Gasteiger partial charge in [0.2, 0.25) is 0 Å². The summed E-state index contributed by atoms with van der Waals surface area (Å²) in [6, 6.07) is 15.8. The van der Waals surface area contributed by atoms with Crippen LogP contribution in [0.25, 0.3) is 10.9 Å². The summed E-state index contributed by atoms with van der Waals surface area (Å²) in [6.07, 6.45) is 1.53. The topological polar surface area (TPSA) is 68.0 Å². The first-order valence-corrected chi connectivity index (χ1v) is 7.61. The average molecular weight is 305 g/mol. The maximum atomic E-state index is 11.8. The Balaban J connectivity index is 2.23. The summed E-state index contributed by atoms with van der Waals surface area (Å²) in [7, 11) is 0. The lowest BCUT2D eigenvalue weighted by Gasteiger charge is -2.15. The van der Waals surface area contributed by atoms with Crippen LogP contribution in [0.1, 0.15) is 35.7 Å². The van der Waals surface area contributed by atoms with E-state index in [0.717, 1.165) is 16.6 Å². The molecule has 4 heteroatoms. The number of aromatic nitrogens is 1. The second-order valence-corrected chi connectivity index (χ2v) is 5.83. The summed E-state index contributed by atoms with van der Waals surface area (Å²) in [6.45, 7) is 4.27. The number of rotatable bonds is 4. The fourth-order valence-electron chi connectivity index (χ4n) is 2.56. The minimum atomic E-state index is -0.493. The summed E-state index contributed by atoms with van der Waals surface area (Å²) in [4.78, 5) is 16.2. The van der Waals surface area contributed by atoms with Gasteiger partial charge in [-0.05, 0) is 35.7 Å². The van der Waals surface area contributed by atoms with Crippen molar-refractivity contribution < 1.29 is 4.79 Å². The summed E-state index contributed by atoms with van der Waals surface area (Å²) < 4.78 is 0. The van der Waals surface area contributed by atoms with Crippen LogP contribution in [0, 0.1) is 0 Å². The van der Waals surface area contributed by atoms with Gasteiger partial charge in [0.15, 0.2) is 0 Å². The molecule has 0 fully saturated rings. The highest BCUT2D eigenvalue weighted by molar-refractivity contribution is 6.07. The molecule has 4 nitrogen and oxygen atoms in total. The molecule has 3 rings (SSSR count). The van der Waals surface area contributed by atoms with Crippen LogP contribution in [-0.4, -0.2) is 10.9 Å². The molecule has 0 radical (unpaired) electrons. The number of anilines is 2. The molecule has 2 aromatic carbocycles. The number of carbonyl (C=O) groups excluding carboxylic acids is 1. The highest BCUT2D eigenvalue weighted by Crippen LogP contribution is 2.31. The molecule has 1 amide bonds. The van der Waals surface area contributed by atoms with Crippen LogP contribution in [0.2, 0.25) is 0 Å². The van der Waals surface area contributed by atoms with Gasteiger partial charge in [-0.1, -0.05) is 38.1 Å². The predicted octanol–water partition coefficient (Wildman–Crippen LogP) is 4.20. The van der Waals surface area contributed by atoms with Crippen LogP contribution < -0.4 is 11.1 Å². The first-order chi connectivity index (χ1) is 11.1. The number of nitrogens with one attached hydrogen (secondary N) is 1. The smallest absolute Gasteiger partial charge is 0.252 e. The standard InChI is InChI=1S/C19H19N3O/c1-12(2)13-8-9-17-15(10-13)18(16(11-21-17)19(20)23)22-14-6-4-3-5-7-14/h3-12H,1-2H3,(H2,20,23)(H,21,22). The van der Waals surface area contributed by atoms with Gasteiger partial charge in [0.1, 0.15) is 0 Å². The van der Waals surface area contributed by atoms with E-state index in [9.17, 15) is 4.79 Å². The number of pyridine rings is 1. The average Bonchev–Trinajstić information content (AvgIpc) is 2.55. The first-order valence-electron chi connectivity index (χ1n) is 7.61. The molecular formula is C19H19N3O. The van der Waals surface area contributed by atoms with Crippen molar-refractivity contribution in [2.75, 3.05) is 5.32 Å². The van der Waals surface area contributed by atoms with Gasteiger partial charge >= 0.3 is 0 Å². The van der Waals surface area contributed by atoms with Crippen LogP contribution in [0.4, 0.5) is 11.4 Å². The Morgan fingerprint density at radius 1 is 1.13 bits per heavy atom. The molecule has 1 heterocycles. The third-order valence-electron chi connectivity index (χ3n) is 3.87. The van der Waals surface area contributed by atoms with E-state index in [1.165, 1.54) is 11.8 Å². The van der Waals surface area contributed by atoms with E-state index in [1.54, 1.807) is 0 Å². The third kappa shape index (κ3) is 3.01. The molecule has 3 aromatic rings. The van der Waals surface area contributed by atoms with Crippen LogP contribution in [0.5, 0.6) is 0 Å². The number of nitrogens with zero attached hydrogens (tertiary/aromatic N) is 1. The minimum absolute atomic E-state index is 0.390. The highest BCUT2D eigenvalue weighted by atomic mass is 16.1. The van der Waals surface area contributed by atoms with Gasteiger partial charge in [-0.2, -0.15) is 0 Å². The molecule has 1 aromatic heterocycles. The summed E-state index contributed by atoms with van der Waals surface area (Å²) in [5.41, 5.74) is 9.56. The number of amides is 1. The van der Waals surface area contributed by atoms with Crippen molar-refractivity contribution >= 4 is 28.2 Å². The van der Waals surface area contributed by atoms with Gasteiger partial charge in [-0.25, -0.2) is 0 Å². The molecule has 0 aliphatic rings. The Hall–Kier alpha value is -2.88. The van der Waals surface area contributed by atoms with Crippen molar-refractivity contribution in [3.63, 3.8) is 0 Å². The van der Waals surface area contributed by atoms with Crippen LogP contribution in [0.15, 0.2) is 54.7 Å². The Morgan fingerprint density at radius 2 is 1.87 bits per heavy atom. The first kappa shape index (κ1) is 15.0. The molecule has 0 atom stereocenters. The van der Waals surface area contributed by atoms with E-state index in [-0.39, 0.29) is 0 Å². The number of fused-ring (bicyclic) bond motifs is 1. The Morgan fingerprint density at radius 3 is 2.52 bits per heavy atom. The number of hydrogen-bond donors (Lipinski definition) is 2. The SMILES string of the molecule is CC(C)c1ccc2ncc(C(N)=O)c(Nc3ccccc3)c2c1. The zero-order chi connectivity index (χ0) is 16.4. The van der Waals surface area contributed by atoms with E-state index in [0.29, 0.717) is 17.2 Å². The van der Waals surface area contributed by atoms with Crippen LogP contribution >= 0.6 is 0 Å². The van der Waals surface area contributed by atoms with Gasteiger partial charge in [-0.15, -0.1) is 0 Å². The van der Waals surface area contributed by atoms with E-state index >= 15 is 0 Å². The molecule has 3 N–H and O–H groups in total. The van der Waals surface area contributed by atoms with Gasteiger partial charge < -0.3 is 11.1 Å². The summed E-state index contributed by atoms with van der Waals surface area (Å²) >= 11 is 0. The van der Waals surface area contributed by atoms with E-state index < -0.39 is 5.91 Å². The molecule has 0 aliphatic carbocycles. The van der Waals surface area contributed by atoms with E-state index in [2.05, 4.69) is 36.3 Å². The van der Waals surface area contributed by atoms with Crippen molar-refractivity contribution in [1.82, 2.24) is 4.98 Å². The Kier molecular flexibility index (Phi) is 3.98. The normalized spacial score (nSPS) is 10.9. The van der Waals surface area contributed by atoms with E-state index in [1.807, 2.05) is 36.4 Å². The monoisotopic (exact) mass is 305 g/mol. The van der Waals surface area contributed by atoms with Crippen molar-refractivity contribution in [3.05, 3.63) is 65.9 Å². The molecule has 0 unspecified atom stereocenters. The quantitative estimate of drug-likeness (QED) is 0.759. The summed E-state index contributed by atoms with van der Waals surface area (Å²) in [5.74, 6) is -0.103. The van der Waals surface area contributed by atoms with E-state index in [4.69, 9.17) is 5.73 Å². The van der Waals surface area contributed by atoms with Crippen molar-refractivity contribution in [2.24, 2.45) is 5.73 Å². The van der Waals surface area contributed by atoms with Crippen LogP contribution in [0.3, 0.4) is 0 Å². The molecule has 0 aliphatic heterocycles. The lowest BCUT2D eigenvalue weighted by atomic mass is 9.99. The second kappa shape index (κ2) is 6.08. The van der Waals surface area contributed by atoms with Crippen molar-refractivity contribution in [2.45, 2.75) is 19.8 Å². The van der Waals surface area contributed by atoms with Gasteiger partial charge in [0, 0.05) is 17.3 Å². The summed E-state index contributed by atoms with van der Waals surface area (Å²) in [5, 5.41) is 4.22. The number of benzene rings is 2. The van der Waals surface area contributed by atoms with Crippen LogP contribution in [-0.2, 0) is 0 Å². The molecule has 0 spiro atoms. The second-order valence-electron chi connectivity index (χ2n) is 5.83. The highest BCUT2D eigenvalue weighted by Gasteiger charge is 2.14. The number of hydrogen-bond acceptors (Lipinski definition) is 3. The predicted molar refractivity (Wildman–Crippen MR) is 94.1 cm³/mol. The van der Waals surface area contributed by atoms with Gasteiger partial charge in [0.25, 0.3) is 5.91 Å². The van der Waals surface area contributed by atoms with Gasteiger partial charge in [-0.3, -0.25) is 9.78 Å². The number of nitrogens with two attached hydrogens (primary N) is 1. The fraction of sp³-hybridized carbons (Fsp3) is 0.158. The molecule has 0 saturated carbocycles. The molecule has 0 saturated heterocycles. The lowest BCUT2D eigenvalue weighted by Crippen LogP contribution is -2.14. The number of carbonyl (C=O) groups is 1. The third-order valence-corrected chi connectivity index (χ3v) is 3.87. The zero-order valence-electron chi connectivity index (χ0n) is 13.2. The Labute approximate surface area is 135 Å². The maximum absolute atomic E-state index is 11.8. The van der Waals surface area contributed by atoms with Crippen molar-refractivity contribution in [1.29, 1.82) is 0 Å². The largest absolute Gasteiger partial charge is 0.365 e. The number of para-hydroxylation sites is 1. The molecule has 116 valence electrons. The zero-order valence-corrected chi connectivity index (χ0v) is 13.2. The molecule has 23 heavy (non-hydrogen) atoms. The molecular weight excluding hydrogens is 286 g/mol. The molecule has 0 bridgehead atoms. The Bertz CT molecular complexity index is 857.